The first-order valence-corrected chi connectivity index (χ1v) is 11.3. The Morgan fingerprint density at radius 2 is 2.09 bits per heavy atom. The van der Waals surface area contributed by atoms with E-state index in [4.69, 9.17) is 13.9 Å². The van der Waals surface area contributed by atoms with E-state index < -0.39 is 8.32 Å². The number of hydrogen-bond acceptors (Lipinski definition) is 4. The van der Waals surface area contributed by atoms with Gasteiger partial charge in [-0.1, -0.05) is 26.8 Å². The van der Waals surface area contributed by atoms with E-state index in [1.165, 1.54) is 6.08 Å². The topological polar surface area (TPSA) is 44.8 Å². The van der Waals surface area contributed by atoms with E-state index in [1.54, 1.807) is 0 Å². The molecule has 1 fully saturated rings. The largest absolute Gasteiger partial charge is 0.490 e. The van der Waals surface area contributed by atoms with Crippen LogP contribution in [0.5, 0.6) is 0 Å². The molecule has 0 bridgehead atoms. The van der Waals surface area contributed by atoms with E-state index in [9.17, 15) is 4.79 Å². The maximum absolute atomic E-state index is 10.9. The normalized spacial score (nSPS) is 23.4. The summed E-state index contributed by atoms with van der Waals surface area (Å²) in [6.45, 7) is 15.8. The predicted molar refractivity (Wildman–Crippen MR) is 96.0 cm³/mol. The van der Waals surface area contributed by atoms with Crippen molar-refractivity contribution in [2.45, 2.75) is 70.4 Å². The van der Waals surface area contributed by atoms with Crippen molar-refractivity contribution in [3.63, 3.8) is 0 Å². The number of ether oxygens (including phenoxy) is 2. The van der Waals surface area contributed by atoms with Crippen LogP contribution < -0.4 is 0 Å². The van der Waals surface area contributed by atoms with Gasteiger partial charge in [0.25, 0.3) is 0 Å². The molecule has 0 unspecified atom stereocenters. The Morgan fingerprint density at radius 3 is 2.65 bits per heavy atom. The molecular weight excluding hydrogens is 308 g/mol. The molecule has 0 aliphatic carbocycles. The van der Waals surface area contributed by atoms with Crippen molar-refractivity contribution in [1.82, 2.24) is 0 Å². The molecule has 0 aromatic rings. The number of allylic oxidation sites excluding steroid dienone is 1. The SMILES string of the molecule is C=CC[C@H]1OCCC[C@@H]1O/C(=C/C=O)CO[Si](C)(C)C(C)(C)C. The Labute approximate surface area is 142 Å². The van der Waals surface area contributed by atoms with Crippen LogP contribution in [0.15, 0.2) is 24.5 Å². The van der Waals surface area contributed by atoms with Gasteiger partial charge >= 0.3 is 0 Å². The fourth-order valence-corrected chi connectivity index (χ4v) is 3.13. The van der Waals surface area contributed by atoms with E-state index in [2.05, 4.69) is 40.4 Å². The lowest BCUT2D eigenvalue weighted by atomic mass is 10.0. The molecule has 1 heterocycles. The third-order valence-electron chi connectivity index (χ3n) is 4.72. The molecular formula is C18H32O4Si. The summed E-state index contributed by atoms with van der Waals surface area (Å²) in [6.07, 6.45) is 6.68. The van der Waals surface area contributed by atoms with Crippen LogP contribution in [0.3, 0.4) is 0 Å². The number of carbonyl (C=O) groups is 1. The highest BCUT2D eigenvalue weighted by molar-refractivity contribution is 6.74. The zero-order valence-corrected chi connectivity index (χ0v) is 16.3. The highest BCUT2D eigenvalue weighted by Crippen LogP contribution is 2.37. The van der Waals surface area contributed by atoms with Crippen LogP contribution in [0.25, 0.3) is 0 Å². The van der Waals surface area contributed by atoms with E-state index in [0.717, 1.165) is 32.2 Å². The summed E-state index contributed by atoms with van der Waals surface area (Å²) in [5.41, 5.74) is 0. The Hall–Kier alpha value is -0.913. The Bertz CT molecular complexity index is 423. The van der Waals surface area contributed by atoms with E-state index in [1.807, 2.05) is 6.08 Å². The zero-order chi connectivity index (χ0) is 17.5. The monoisotopic (exact) mass is 340 g/mol. The van der Waals surface area contributed by atoms with Gasteiger partial charge in [-0.2, -0.15) is 0 Å². The lowest BCUT2D eigenvalue weighted by Crippen LogP contribution is -2.42. The van der Waals surface area contributed by atoms with Gasteiger partial charge in [0.05, 0.1) is 12.7 Å². The van der Waals surface area contributed by atoms with E-state index in [-0.39, 0.29) is 17.2 Å². The van der Waals surface area contributed by atoms with Gasteiger partial charge in [-0.15, -0.1) is 6.58 Å². The van der Waals surface area contributed by atoms with Crippen molar-refractivity contribution in [3.05, 3.63) is 24.5 Å². The summed E-state index contributed by atoms with van der Waals surface area (Å²) in [5.74, 6) is 0.592. The second-order valence-electron chi connectivity index (χ2n) is 7.55. The molecule has 132 valence electrons. The molecule has 0 aromatic heterocycles. The maximum atomic E-state index is 10.9. The molecule has 0 amide bonds. The molecule has 1 aliphatic rings. The smallest absolute Gasteiger partial charge is 0.192 e. The van der Waals surface area contributed by atoms with Crippen molar-refractivity contribution >= 4 is 14.6 Å². The Kier molecular flexibility index (Phi) is 7.71. The van der Waals surface area contributed by atoms with Crippen LogP contribution in [0.4, 0.5) is 0 Å². The zero-order valence-electron chi connectivity index (χ0n) is 15.3. The van der Waals surface area contributed by atoms with Gasteiger partial charge in [-0.3, -0.25) is 4.79 Å². The number of rotatable bonds is 8. The van der Waals surface area contributed by atoms with Gasteiger partial charge in [0.1, 0.15) is 18.1 Å². The summed E-state index contributed by atoms with van der Waals surface area (Å²) >= 11 is 0. The molecule has 2 atom stereocenters. The number of hydrogen-bond donors (Lipinski definition) is 0. The molecule has 1 rings (SSSR count). The molecule has 0 aromatic carbocycles. The van der Waals surface area contributed by atoms with Gasteiger partial charge in [0.2, 0.25) is 0 Å². The van der Waals surface area contributed by atoms with E-state index in [0.29, 0.717) is 12.4 Å². The lowest BCUT2D eigenvalue weighted by Gasteiger charge is -2.37. The van der Waals surface area contributed by atoms with Crippen molar-refractivity contribution in [1.29, 1.82) is 0 Å². The van der Waals surface area contributed by atoms with Crippen molar-refractivity contribution in [3.8, 4) is 0 Å². The summed E-state index contributed by atoms with van der Waals surface area (Å²) in [6, 6.07) is 0. The molecule has 5 heteroatoms. The minimum absolute atomic E-state index is 0.00386. The van der Waals surface area contributed by atoms with Crippen molar-refractivity contribution < 1.29 is 18.7 Å². The Balaban J connectivity index is 2.70. The standard InChI is InChI=1S/C18H32O4Si/c1-7-9-16-17(10-8-13-20-16)22-15(11-12-19)14-21-23(5,6)18(2,3)4/h7,11-12,16-17H,1,8-10,13-14H2,2-6H3/b15-11+/t16-,17+/m1/s1. The van der Waals surface area contributed by atoms with Gasteiger partial charge in [-0.25, -0.2) is 0 Å². The van der Waals surface area contributed by atoms with Crippen LogP contribution in [0, 0.1) is 0 Å². The minimum Gasteiger partial charge on any atom is -0.490 e. The predicted octanol–water partition coefficient (Wildman–Crippen LogP) is 4.23. The molecule has 1 saturated heterocycles. The van der Waals surface area contributed by atoms with Crippen LogP contribution in [0.2, 0.25) is 18.1 Å². The molecule has 0 saturated carbocycles. The number of carbonyl (C=O) groups excluding carboxylic acids is 1. The average Bonchev–Trinajstić information content (AvgIpc) is 2.46. The summed E-state index contributed by atoms with van der Waals surface area (Å²) in [5, 5.41) is 0.124. The molecule has 4 nitrogen and oxygen atoms in total. The third kappa shape index (κ3) is 6.24. The van der Waals surface area contributed by atoms with E-state index >= 15 is 0 Å². The fourth-order valence-electron chi connectivity index (χ4n) is 2.19. The molecule has 0 radical (unpaired) electrons. The van der Waals surface area contributed by atoms with Gasteiger partial charge in [0.15, 0.2) is 8.32 Å². The second-order valence-corrected chi connectivity index (χ2v) is 12.4. The van der Waals surface area contributed by atoms with Crippen LogP contribution in [-0.4, -0.2) is 40.0 Å². The maximum Gasteiger partial charge on any atom is 0.192 e. The summed E-state index contributed by atoms with van der Waals surface area (Å²) in [7, 11) is -1.88. The summed E-state index contributed by atoms with van der Waals surface area (Å²) < 4.78 is 18.0. The van der Waals surface area contributed by atoms with Gasteiger partial charge in [0, 0.05) is 12.7 Å². The fraction of sp³-hybridized carbons (Fsp3) is 0.722. The summed E-state index contributed by atoms with van der Waals surface area (Å²) in [4.78, 5) is 10.9. The third-order valence-corrected chi connectivity index (χ3v) is 9.20. The molecule has 0 spiro atoms. The average molecular weight is 341 g/mol. The first-order chi connectivity index (χ1) is 10.7. The first-order valence-electron chi connectivity index (χ1n) is 8.38. The van der Waals surface area contributed by atoms with Crippen LogP contribution >= 0.6 is 0 Å². The van der Waals surface area contributed by atoms with Crippen molar-refractivity contribution in [2.24, 2.45) is 0 Å². The molecule has 1 aliphatic heterocycles. The molecule has 23 heavy (non-hydrogen) atoms. The van der Waals surface area contributed by atoms with Gasteiger partial charge in [-0.05, 0) is 37.4 Å². The quantitative estimate of drug-likeness (QED) is 0.218. The molecule has 0 N–H and O–H groups in total. The first kappa shape index (κ1) is 20.1. The second kappa shape index (κ2) is 8.80. The van der Waals surface area contributed by atoms with Crippen molar-refractivity contribution in [2.75, 3.05) is 13.2 Å². The van der Waals surface area contributed by atoms with Gasteiger partial charge < -0.3 is 13.9 Å². The number of aldehydes is 1. The Morgan fingerprint density at radius 1 is 1.39 bits per heavy atom. The van der Waals surface area contributed by atoms with Crippen LogP contribution in [0.1, 0.15) is 40.0 Å². The highest BCUT2D eigenvalue weighted by atomic mass is 28.4. The van der Waals surface area contributed by atoms with Crippen LogP contribution in [-0.2, 0) is 18.7 Å². The highest BCUT2D eigenvalue weighted by Gasteiger charge is 2.37. The lowest BCUT2D eigenvalue weighted by molar-refractivity contribution is -0.105. The minimum atomic E-state index is -1.88.